The highest BCUT2D eigenvalue weighted by Gasteiger charge is 2.29. The Hall–Kier alpha value is -2.69. The molecule has 1 N–H and O–H groups in total. The lowest BCUT2D eigenvalue weighted by atomic mass is 9.94. The number of carbonyl (C=O) groups excluding carboxylic acids is 1. The Morgan fingerprint density at radius 3 is 2.68 bits per heavy atom. The molecule has 1 unspecified atom stereocenters. The average Bonchev–Trinajstić information content (AvgIpc) is 2.73. The first kappa shape index (κ1) is 20.1. The summed E-state index contributed by atoms with van der Waals surface area (Å²) in [7, 11) is 3.27. The molecule has 1 fully saturated rings. The largest absolute Gasteiger partial charge is 0.507 e. The van der Waals surface area contributed by atoms with Crippen LogP contribution in [0.25, 0.3) is 0 Å². The molecule has 0 radical (unpaired) electrons. The number of para-hydroxylation sites is 1. The zero-order chi connectivity index (χ0) is 20.1. The third-order valence-corrected chi connectivity index (χ3v) is 5.57. The van der Waals surface area contributed by atoms with Crippen molar-refractivity contribution in [3.63, 3.8) is 0 Å². The van der Waals surface area contributed by atoms with E-state index in [1.54, 1.807) is 20.3 Å². The van der Waals surface area contributed by atoms with E-state index in [4.69, 9.17) is 9.47 Å². The molecule has 1 saturated heterocycles. The maximum absolute atomic E-state index is 13.1. The second-order valence-corrected chi connectivity index (χ2v) is 7.35. The first-order valence-corrected chi connectivity index (χ1v) is 9.85. The molecular weight excluding hydrogens is 354 g/mol. The van der Waals surface area contributed by atoms with Gasteiger partial charge in [-0.25, -0.2) is 0 Å². The predicted octanol–water partition coefficient (Wildman–Crippen LogP) is 4.35. The number of piperidine rings is 1. The van der Waals surface area contributed by atoms with E-state index in [2.05, 4.69) is 0 Å². The monoisotopic (exact) mass is 383 g/mol. The number of benzene rings is 2. The number of likely N-dealkylation sites (tertiary alicyclic amines) is 1. The number of hydrogen-bond donors (Lipinski definition) is 1. The third kappa shape index (κ3) is 4.24. The minimum atomic E-state index is -0.0711. The molecule has 28 heavy (non-hydrogen) atoms. The molecular formula is C23H29NO4. The first-order chi connectivity index (χ1) is 13.5. The fourth-order valence-electron chi connectivity index (χ4n) is 3.92. The number of ether oxygens (including phenoxy) is 2. The van der Waals surface area contributed by atoms with Crippen LogP contribution in [0.2, 0.25) is 0 Å². The summed E-state index contributed by atoms with van der Waals surface area (Å²) in [6, 6.07) is 11.5. The molecule has 2 aromatic carbocycles. The van der Waals surface area contributed by atoms with E-state index in [1.807, 2.05) is 42.2 Å². The molecule has 1 amide bonds. The first-order valence-electron chi connectivity index (χ1n) is 9.85. The third-order valence-electron chi connectivity index (χ3n) is 5.57. The van der Waals surface area contributed by atoms with Crippen LogP contribution in [0.1, 0.15) is 47.2 Å². The Morgan fingerprint density at radius 1 is 1.14 bits per heavy atom. The normalized spacial score (nSPS) is 16.7. The summed E-state index contributed by atoms with van der Waals surface area (Å²) in [4.78, 5) is 15.1. The van der Waals surface area contributed by atoms with E-state index in [9.17, 15) is 9.90 Å². The van der Waals surface area contributed by atoms with Crippen molar-refractivity contribution >= 4 is 5.91 Å². The van der Waals surface area contributed by atoms with Crippen molar-refractivity contribution in [2.24, 2.45) is 0 Å². The topological polar surface area (TPSA) is 59.0 Å². The van der Waals surface area contributed by atoms with Crippen LogP contribution in [0, 0.1) is 6.92 Å². The quantitative estimate of drug-likeness (QED) is 0.806. The molecule has 1 atom stereocenters. The molecule has 0 aromatic heterocycles. The Morgan fingerprint density at radius 2 is 1.93 bits per heavy atom. The number of hydrogen-bond acceptors (Lipinski definition) is 4. The van der Waals surface area contributed by atoms with E-state index in [0.717, 1.165) is 61.3 Å². The van der Waals surface area contributed by atoms with Crippen molar-refractivity contribution < 1.29 is 19.4 Å². The number of amides is 1. The molecule has 2 aromatic rings. The highest BCUT2D eigenvalue weighted by molar-refractivity contribution is 5.97. The zero-order valence-electron chi connectivity index (χ0n) is 16.9. The molecule has 0 aliphatic carbocycles. The average molecular weight is 383 g/mol. The summed E-state index contributed by atoms with van der Waals surface area (Å²) in [5.74, 6) is 1.46. The fourth-order valence-corrected chi connectivity index (χ4v) is 3.92. The number of carbonyl (C=O) groups is 1. The van der Waals surface area contributed by atoms with Gasteiger partial charge in [0.15, 0.2) is 11.5 Å². The van der Waals surface area contributed by atoms with Crippen LogP contribution in [-0.2, 0) is 6.42 Å². The van der Waals surface area contributed by atoms with Crippen LogP contribution in [0.15, 0.2) is 36.4 Å². The summed E-state index contributed by atoms with van der Waals surface area (Å²) in [6.07, 6.45) is 4.86. The fraction of sp³-hybridized carbons (Fsp3) is 0.435. The molecule has 150 valence electrons. The molecule has 0 bridgehead atoms. The van der Waals surface area contributed by atoms with Gasteiger partial charge in [-0.15, -0.1) is 0 Å². The lowest BCUT2D eigenvalue weighted by Crippen LogP contribution is -2.44. The van der Waals surface area contributed by atoms with Gasteiger partial charge in [0.25, 0.3) is 5.91 Å². The van der Waals surface area contributed by atoms with Crippen molar-refractivity contribution in [3.8, 4) is 17.2 Å². The Bertz CT molecular complexity index is 833. The predicted molar refractivity (Wildman–Crippen MR) is 109 cm³/mol. The molecule has 3 rings (SSSR count). The summed E-state index contributed by atoms with van der Waals surface area (Å²) in [6.45, 7) is 2.56. The summed E-state index contributed by atoms with van der Waals surface area (Å²) in [5, 5.41) is 10.3. The maximum Gasteiger partial charge on any atom is 0.257 e. The zero-order valence-corrected chi connectivity index (χ0v) is 16.9. The number of rotatable bonds is 6. The maximum atomic E-state index is 13.1. The summed E-state index contributed by atoms with van der Waals surface area (Å²) in [5.41, 5.74) is 2.29. The standard InChI is InChI=1S/C23H29NO4/c1-16-7-6-9-19(22(16)25)23(26)24-14-5-4-8-18(24)12-10-17-11-13-20(27-2)21(15-17)28-3/h6-7,9,11,13,15,18,25H,4-5,8,10,12,14H2,1-3H3. The minimum Gasteiger partial charge on any atom is -0.507 e. The van der Waals surface area contributed by atoms with E-state index in [0.29, 0.717) is 5.56 Å². The summed E-state index contributed by atoms with van der Waals surface area (Å²) >= 11 is 0. The molecule has 0 spiro atoms. The molecule has 5 heteroatoms. The second-order valence-electron chi connectivity index (χ2n) is 7.35. The lowest BCUT2D eigenvalue weighted by molar-refractivity contribution is 0.0598. The van der Waals surface area contributed by atoms with Gasteiger partial charge in [-0.05, 0) is 68.4 Å². The number of phenolic OH excluding ortho intramolecular Hbond substituents is 1. The molecule has 1 aliphatic heterocycles. The van der Waals surface area contributed by atoms with Gasteiger partial charge in [0.1, 0.15) is 5.75 Å². The van der Waals surface area contributed by atoms with Crippen LogP contribution in [0.5, 0.6) is 17.2 Å². The van der Waals surface area contributed by atoms with E-state index < -0.39 is 0 Å². The van der Waals surface area contributed by atoms with Crippen LogP contribution in [0.4, 0.5) is 0 Å². The number of methoxy groups -OCH3 is 2. The van der Waals surface area contributed by atoms with Gasteiger partial charge in [0.2, 0.25) is 0 Å². The van der Waals surface area contributed by atoms with Crippen molar-refractivity contribution in [2.45, 2.75) is 45.1 Å². The van der Waals surface area contributed by atoms with E-state index in [1.165, 1.54) is 0 Å². The van der Waals surface area contributed by atoms with Crippen molar-refractivity contribution in [3.05, 3.63) is 53.1 Å². The van der Waals surface area contributed by atoms with Gasteiger partial charge in [-0.1, -0.05) is 18.2 Å². The van der Waals surface area contributed by atoms with Gasteiger partial charge in [0.05, 0.1) is 19.8 Å². The Labute approximate surface area is 166 Å². The summed E-state index contributed by atoms with van der Waals surface area (Å²) < 4.78 is 10.7. The van der Waals surface area contributed by atoms with Crippen LogP contribution < -0.4 is 9.47 Å². The van der Waals surface area contributed by atoms with Gasteiger partial charge >= 0.3 is 0 Å². The molecule has 1 heterocycles. The number of phenols is 1. The lowest BCUT2D eigenvalue weighted by Gasteiger charge is -2.36. The highest BCUT2D eigenvalue weighted by Crippen LogP contribution is 2.30. The Balaban J connectivity index is 1.73. The SMILES string of the molecule is COc1ccc(CCC2CCCCN2C(=O)c2cccc(C)c2O)cc1OC. The number of aryl methyl sites for hydroxylation is 2. The van der Waals surface area contributed by atoms with Gasteiger partial charge < -0.3 is 19.5 Å². The van der Waals surface area contributed by atoms with Gasteiger partial charge in [-0.3, -0.25) is 4.79 Å². The van der Waals surface area contributed by atoms with Crippen molar-refractivity contribution in [1.29, 1.82) is 0 Å². The van der Waals surface area contributed by atoms with Crippen LogP contribution >= 0.6 is 0 Å². The molecule has 1 aliphatic rings. The molecule has 5 nitrogen and oxygen atoms in total. The smallest absolute Gasteiger partial charge is 0.257 e. The molecule has 0 saturated carbocycles. The van der Waals surface area contributed by atoms with Gasteiger partial charge in [-0.2, -0.15) is 0 Å². The number of aromatic hydroxyl groups is 1. The highest BCUT2D eigenvalue weighted by atomic mass is 16.5. The Kier molecular flexibility index (Phi) is 6.45. The van der Waals surface area contributed by atoms with E-state index >= 15 is 0 Å². The van der Waals surface area contributed by atoms with E-state index in [-0.39, 0.29) is 17.7 Å². The van der Waals surface area contributed by atoms with Crippen LogP contribution in [0.3, 0.4) is 0 Å². The number of nitrogens with zero attached hydrogens (tertiary/aromatic N) is 1. The minimum absolute atomic E-state index is 0.0711. The second kappa shape index (κ2) is 9.00. The van der Waals surface area contributed by atoms with Crippen molar-refractivity contribution in [2.75, 3.05) is 20.8 Å². The van der Waals surface area contributed by atoms with Crippen molar-refractivity contribution in [1.82, 2.24) is 4.90 Å². The van der Waals surface area contributed by atoms with Gasteiger partial charge in [0, 0.05) is 12.6 Å². The van der Waals surface area contributed by atoms with Crippen LogP contribution in [-0.4, -0.2) is 42.7 Å².